The smallest absolute Gasteiger partial charge is 0.333 e. The Hall–Kier alpha value is -3.94. The van der Waals surface area contributed by atoms with Gasteiger partial charge in [-0.1, -0.05) is 57.4 Å². The fourth-order valence-electron chi connectivity index (χ4n) is 6.90. The molecule has 0 bridgehead atoms. The zero-order valence-electron chi connectivity index (χ0n) is 32.6. The number of ether oxygens (including phenoxy) is 1. The van der Waals surface area contributed by atoms with Gasteiger partial charge in [0.25, 0.3) is 17.7 Å². The minimum absolute atomic E-state index is 0.0259. The van der Waals surface area contributed by atoms with Crippen LogP contribution in [0.25, 0.3) is 0 Å². The molecule has 0 saturated carbocycles. The molecule has 0 aliphatic carbocycles. The molecule has 2 aliphatic heterocycles. The molecule has 5 atom stereocenters. The van der Waals surface area contributed by atoms with Crippen molar-refractivity contribution in [3.63, 3.8) is 0 Å². The summed E-state index contributed by atoms with van der Waals surface area (Å²) in [5.74, 6) is -0.554. The number of rotatable bonds is 18. The highest BCUT2D eigenvalue weighted by atomic mass is 32.2. The Bertz CT molecular complexity index is 1580. The van der Waals surface area contributed by atoms with Crippen molar-refractivity contribution in [1.29, 1.82) is 0 Å². The van der Waals surface area contributed by atoms with Crippen molar-refractivity contribution in [1.82, 2.24) is 20.6 Å². The zero-order chi connectivity index (χ0) is 39.4. The lowest BCUT2D eigenvalue weighted by Crippen LogP contribution is -2.60. The predicted octanol–water partition coefficient (Wildman–Crippen LogP) is 5.44. The van der Waals surface area contributed by atoms with E-state index in [4.69, 9.17) is 9.57 Å². The molecule has 4 rings (SSSR count). The molecule has 54 heavy (non-hydrogen) atoms. The highest BCUT2D eigenvalue weighted by Gasteiger charge is 2.40. The van der Waals surface area contributed by atoms with Gasteiger partial charge in [0.05, 0.1) is 31.2 Å². The molecule has 13 heteroatoms. The number of aliphatic hydroxyl groups excluding tert-OH is 1. The summed E-state index contributed by atoms with van der Waals surface area (Å²) in [6.07, 6.45) is 3.27. The zero-order valence-corrected chi connectivity index (χ0v) is 33.4. The van der Waals surface area contributed by atoms with Crippen molar-refractivity contribution in [3.8, 4) is 5.75 Å². The van der Waals surface area contributed by atoms with E-state index < -0.39 is 41.5 Å². The van der Waals surface area contributed by atoms with Crippen LogP contribution < -0.4 is 15.4 Å². The van der Waals surface area contributed by atoms with Gasteiger partial charge in [-0.15, -0.1) is 16.8 Å². The lowest BCUT2D eigenvalue weighted by Gasteiger charge is -2.44. The Labute approximate surface area is 324 Å². The summed E-state index contributed by atoms with van der Waals surface area (Å²) >= 11 is 1.54. The summed E-state index contributed by atoms with van der Waals surface area (Å²) in [6.45, 7) is 13.1. The lowest BCUT2D eigenvalue weighted by atomic mass is 9.79. The van der Waals surface area contributed by atoms with Crippen LogP contribution in [0.2, 0.25) is 0 Å². The Morgan fingerprint density at radius 1 is 1.02 bits per heavy atom. The summed E-state index contributed by atoms with van der Waals surface area (Å²) in [7, 11) is 0. The van der Waals surface area contributed by atoms with Gasteiger partial charge in [-0.25, -0.2) is 4.79 Å². The molecule has 2 saturated heterocycles. The van der Waals surface area contributed by atoms with E-state index in [0.29, 0.717) is 46.1 Å². The number of likely N-dealkylation sites (tertiary alicyclic amines) is 1. The summed E-state index contributed by atoms with van der Waals surface area (Å²) in [5.41, 5.74) is 0.578. The van der Waals surface area contributed by atoms with Crippen LogP contribution >= 0.6 is 11.8 Å². The lowest BCUT2D eigenvalue weighted by molar-refractivity contribution is -0.197. The standard InChI is InChI=1S/C41H58N4O8S/c1-7-8-14-29-23-33(40(51)43-41(4,5)6)44(24-27(29)2)25-34(46)32(26-54-30-15-10-9-11-16-30)42-39(50)31-17-12-18-35(28(31)3)52-22-13-19-38(49)53-45-36(47)20-21-37(45)48/h9-12,15-18,27,29,32-34,46H,7-8,13-14,19-26H2,1-6H3,(H,42,50)(H,43,51)/t27-,29+,32+,33+,34-/m1/s1. The highest BCUT2D eigenvalue weighted by Crippen LogP contribution is 2.33. The Balaban J connectivity index is 1.44. The third-order valence-electron chi connectivity index (χ3n) is 9.91. The van der Waals surface area contributed by atoms with Crippen molar-refractivity contribution in [3.05, 3.63) is 59.7 Å². The van der Waals surface area contributed by atoms with Crippen molar-refractivity contribution < 1.29 is 38.7 Å². The van der Waals surface area contributed by atoms with Gasteiger partial charge in [-0.05, 0) is 76.6 Å². The Morgan fingerprint density at radius 3 is 2.39 bits per heavy atom. The molecular formula is C41H58N4O8S. The molecule has 2 heterocycles. The maximum absolute atomic E-state index is 13.9. The van der Waals surface area contributed by atoms with Gasteiger partial charge in [0.1, 0.15) is 5.75 Å². The molecule has 296 valence electrons. The topological polar surface area (TPSA) is 155 Å². The minimum atomic E-state index is -0.972. The number of piperidine rings is 1. The normalized spacial score (nSPS) is 20.4. The first-order valence-corrected chi connectivity index (χ1v) is 20.2. The van der Waals surface area contributed by atoms with E-state index in [1.165, 1.54) is 11.8 Å². The van der Waals surface area contributed by atoms with E-state index in [9.17, 15) is 29.1 Å². The van der Waals surface area contributed by atoms with Gasteiger partial charge >= 0.3 is 5.97 Å². The molecule has 0 unspecified atom stereocenters. The van der Waals surface area contributed by atoms with Gasteiger partial charge in [-0.2, -0.15) is 0 Å². The fourth-order valence-corrected chi connectivity index (χ4v) is 7.92. The van der Waals surface area contributed by atoms with Crippen molar-refractivity contribution in [2.45, 2.75) is 122 Å². The van der Waals surface area contributed by atoms with Crippen LogP contribution in [-0.4, -0.2) is 93.8 Å². The largest absolute Gasteiger partial charge is 0.493 e. The summed E-state index contributed by atoms with van der Waals surface area (Å²) in [5, 5.41) is 18.7. The van der Waals surface area contributed by atoms with E-state index in [1.54, 1.807) is 25.1 Å². The summed E-state index contributed by atoms with van der Waals surface area (Å²) in [4.78, 5) is 71.3. The maximum Gasteiger partial charge on any atom is 0.333 e. The number of unbranched alkanes of at least 4 members (excludes halogenated alkanes) is 1. The van der Waals surface area contributed by atoms with Crippen molar-refractivity contribution in [2.24, 2.45) is 11.8 Å². The van der Waals surface area contributed by atoms with Crippen LogP contribution in [0, 0.1) is 18.8 Å². The Morgan fingerprint density at radius 2 is 1.72 bits per heavy atom. The summed E-state index contributed by atoms with van der Waals surface area (Å²) in [6, 6.07) is 13.9. The van der Waals surface area contributed by atoms with Gasteiger partial charge in [0.15, 0.2) is 0 Å². The first kappa shape index (κ1) is 42.8. The SMILES string of the molecule is CCCC[C@H]1C[C@@H](C(=O)NC(C)(C)C)N(C[C@@H](O)[C@H](CSc2ccccc2)NC(=O)c2cccc(OCCCC(=O)ON3C(=O)CCC3=O)c2C)C[C@H]1C. The molecular weight excluding hydrogens is 709 g/mol. The number of hydrogen-bond donors (Lipinski definition) is 3. The van der Waals surface area contributed by atoms with Crippen LogP contribution in [0.4, 0.5) is 0 Å². The number of nitrogens with one attached hydrogen (secondary N) is 2. The third kappa shape index (κ3) is 12.6. The number of hydrogen-bond acceptors (Lipinski definition) is 10. The fraction of sp³-hybridized carbons (Fsp3) is 0.585. The quantitative estimate of drug-likeness (QED) is 0.102. The predicted molar refractivity (Wildman–Crippen MR) is 208 cm³/mol. The van der Waals surface area contributed by atoms with Crippen LogP contribution in [0.1, 0.15) is 102 Å². The van der Waals surface area contributed by atoms with Crippen LogP contribution in [0.3, 0.4) is 0 Å². The number of nitrogens with zero attached hydrogens (tertiary/aromatic N) is 2. The van der Waals surface area contributed by atoms with Crippen LogP contribution in [0.15, 0.2) is 53.4 Å². The third-order valence-corrected chi connectivity index (χ3v) is 11.0. The van der Waals surface area contributed by atoms with E-state index in [2.05, 4.69) is 29.4 Å². The molecule has 2 fully saturated rings. The van der Waals surface area contributed by atoms with E-state index in [0.717, 1.165) is 30.6 Å². The molecule has 2 aromatic rings. The van der Waals surface area contributed by atoms with Crippen molar-refractivity contribution in [2.75, 3.05) is 25.4 Å². The highest BCUT2D eigenvalue weighted by molar-refractivity contribution is 7.99. The van der Waals surface area contributed by atoms with Crippen LogP contribution in [-0.2, 0) is 24.0 Å². The number of benzene rings is 2. The number of hydroxylamine groups is 2. The molecule has 3 N–H and O–H groups in total. The second-order valence-corrected chi connectivity index (χ2v) is 16.6. The van der Waals surface area contributed by atoms with Crippen molar-refractivity contribution >= 4 is 41.4 Å². The molecule has 4 amide bonds. The molecule has 2 aromatic carbocycles. The van der Waals surface area contributed by atoms with Gasteiger partial charge in [-0.3, -0.25) is 24.1 Å². The average molecular weight is 767 g/mol. The van der Waals surface area contributed by atoms with E-state index in [-0.39, 0.29) is 50.6 Å². The van der Waals surface area contributed by atoms with Crippen LogP contribution in [0.5, 0.6) is 5.75 Å². The number of carbonyl (C=O) groups excluding carboxylic acids is 5. The minimum Gasteiger partial charge on any atom is -0.493 e. The van der Waals surface area contributed by atoms with E-state index >= 15 is 0 Å². The number of carbonyl (C=O) groups is 5. The maximum atomic E-state index is 13.9. The first-order valence-electron chi connectivity index (χ1n) is 19.2. The molecule has 2 aliphatic rings. The monoisotopic (exact) mass is 766 g/mol. The number of aliphatic hydroxyl groups is 1. The second-order valence-electron chi connectivity index (χ2n) is 15.5. The number of β-amino-alcohol motifs (C(OH)–C–C–N with tert-alkyl or cyclic N) is 1. The molecule has 12 nitrogen and oxygen atoms in total. The van der Waals surface area contributed by atoms with E-state index in [1.807, 2.05) is 51.1 Å². The first-order chi connectivity index (χ1) is 25.7. The van der Waals surface area contributed by atoms with Gasteiger partial charge in [0, 0.05) is 53.2 Å². The summed E-state index contributed by atoms with van der Waals surface area (Å²) < 4.78 is 5.93. The Kier molecular flexibility index (Phi) is 15.9. The molecule has 0 radical (unpaired) electrons. The van der Waals surface area contributed by atoms with Gasteiger partial charge in [0.2, 0.25) is 5.91 Å². The molecule has 0 aromatic heterocycles. The number of imide groups is 1. The second kappa shape index (κ2) is 20.1. The number of amides is 4. The average Bonchev–Trinajstić information content (AvgIpc) is 3.43. The number of thioether (sulfide) groups is 1. The molecule has 0 spiro atoms. The van der Waals surface area contributed by atoms with Gasteiger partial charge < -0.3 is 25.3 Å².